The number of methoxy groups -OCH3 is 1. The van der Waals surface area contributed by atoms with Crippen LogP contribution in [0.1, 0.15) is 33.6 Å². The molecule has 1 fully saturated rings. The number of hydrogen-bond donors (Lipinski definition) is 0. The van der Waals surface area contributed by atoms with Crippen LogP contribution in [0.25, 0.3) is 0 Å². The van der Waals surface area contributed by atoms with Crippen molar-refractivity contribution in [1.29, 1.82) is 0 Å². The first-order chi connectivity index (χ1) is 7.81. The molecule has 4 atom stereocenters. The molecule has 3 rings (SSSR count). The highest BCUT2D eigenvalue weighted by molar-refractivity contribution is 6.20. The van der Waals surface area contributed by atoms with Gasteiger partial charge in [0.05, 0.1) is 5.60 Å². The minimum Gasteiger partial charge on any atom is -0.378 e. The number of hydrogen-bond acceptors (Lipinski definition) is 2. The van der Waals surface area contributed by atoms with Crippen molar-refractivity contribution in [3.63, 3.8) is 0 Å². The molecule has 0 N–H and O–H groups in total. The second kappa shape index (κ2) is 3.83. The van der Waals surface area contributed by atoms with Crippen LogP contribution in [0.2, 0.25) is 0 Å². The Bertz CT molecular complexity index is 378. The summed E-state index contributed by atoms with van der Waals surface area (Å²) < 4.78 is 5.70. The van der Waals surface area contributed by atoms with E-state index >= 15 is 0 Å². The molecule has 2 nitrogen and oxygen atoms in total. The van der Waals surface area contributed by atoms with Gasteiger partial charge in [0, 0.05) is 36.2 Å². The van der Waals surface area contributed by atoms with Gasteiger partial charge in [-0.3, -0.25) is 4.79 Å². The molecule has 2 bridgehead atoms. The molecular weight excluding hydrogens is 236 g/mol. The van der Waals surface area contributed by atoms with Crippen molar-refractivity contribution in [3.05, 3.63) is 12.2 Å². The minimum absolute atomic E-state index is 0.179. The zero-order valence-corrected chi connectivity index (χ0v) is 11.8. The quantitative estimate of drug-likeness (QED) is 0.560. The Hall–Kier alpha value is -0.340. The van der Waals surface area contributed by atoms with Crippen molar-refractivity contribution in [2.75, 3.05) is 13.0 Å². The molecule has 17 heavy (non-hydrogen) atoms. The first-order valence-corrected chi connectivity index (χ1v) is 6.68. The second-order valence-electron chi connectivity index (χ2n) is 6.17. The normalized spacial score (nSPS) is 49.5. The van der Waals surface area contributed by atoms with Crippen molar-refractivity contribution < 1.29 is 9.53 Å². The van der Waals surface area contributed by atoms with Crippen LogP contribution in [0, 0.1) is 16.7 Å². The van der Waals surface area contributed by atoms with Gasteiger partial charge in [-0.25, -0.2) is 0 Å². The standard InChI is InChI=1S/C14H21ClO2/c1-12-6-5-10(14(3,8-12)17-4)7-11(16)13(12,2)9-15/h5-6,10H,7-9H2,1-4H3/t10-,12-,13+,14+/m1/s1. The molecule has 0 heterocycles. The molecule has 0 aliphatic heterocycles. The van der Waals surface area contributed by atoms with E-state index in [4.69, 9.17) is 16.3 Å². The van der Waals surface area contributed by atoms with E-state index in [2.05, 4.69) is 26.0 Å². The molecule has 1 saturated carbocycles. The molecule has 0 aromatic carbocycles. The van der Waals surface area contributed by atoms with Gasteiger partial charge >= 0.3 is 0 Å². The van der Waals surface area contributed by atoms with Gasteiger partial charge in [-0.2, -0.15) is 0 Å². The van der Waals surface area contributed by atoms with Crippen molar-refractivity contribution in [1.82, 2.24) is 0 Å². The van der Waals surface area contributed by atoms with Gasteiger partial charge in [0.15, 0.2) is 0 Å². The summed E-state index contributed by atoms with van der Waals surface area (Å²) in [6.07, 6.45) is 5.74. The third kappa shape index (κ3) is 1.61. The van der Waals surface area contributed by atoms with Crippen LogP contribution in [0.15, 0.2) is 12.2 Å². The minimum atomic E-state index is -0.476. The van der Waals surface area contributed by atoms with Crippen LogP contribution in [0.3, 0.4) is 0 Å². The number of fused-ring (bicyclic) bond motifs is 3. The summed E-state index contributed by atoms with van der Waals surface area (Å²) in [7, 11) is 1.74. The number of Topliss-reactive ketones (excluding diaryl/α,β-unsaturated/α-hetero) is 1. The van der Waals surface area contributed by atoms with Gasteiger partial charge in [0.25, 0.3) is 0 Å². The summed E-state index contributed by atoms with van der Waals surface area (Å²) in [6.45, 7) is 6.23. The van der Waals surface area contributed by atoms with Gasteiger partial charge in [-0.1, -0.05) is 26.0 Å². The molecule has 96 valence electrons. The van der Waals surface area contributed by atoms with Crippen molar-refractivity contribution >= 4 is 17.4 Å². The van der Waals surface area contributed by atoms with Crippen molar-refractivity contribution in [2.24, 2.45) is 16.7 Å². The Balaban J connectivity index is 2.54. The maximum atomic E-state index is 12.5. The SMILES string of the molecule is CO[C@@]1(C)C[C@@]2(C)C=C[C@@H]1CC(=O)[C@]2(C)CCl. The molecule has 0 aromatic rings. The van der Waals surface area contributed by atoms with Crippen LogP contribution < -0.4 is 0 Å². The summed E-state index contributed by atoms with van der Waals surface area (Å²) in [6, 6.07) is 0. The Morgan fingerprint density at radius 3 is 2.65 bits per heavy atom. The fourth-order valence-corrected chi connectivity index (χ4v) is 3.76. The number of allylic oxidation sites excluding steroid dienone is 1. The van der Waals surface area contributed by atoms with Gasteiger partial charge in [-0.05, 0) is 13.3 Å². The molecule has 0 aromatic heterocycles. The molecule has 0 unspecified atom stereocenters. The fraction of sp³-hybridized carbons (Fsp3) is 0.786. The highest BCUT2D eigenvalue weighted by atomic mass is 35.5. The number of rotatable bonds is 2. The van der Waals surface area contributed by atoms with Gasteiger partial charge in [-0.15, -0.1) is 11.6 Å². The molecule has 3 aliphatic carbocycles. The third-order valence-electron chi connectivity index (χ3n) is 5.21. The maximum Gasteiger partial charge on any atom is 0.141 e. The smallest absolute Gasteiger partial charge is 0.141 e. The second-order valence-corrected chi connectivity index (χ2v) is 6.44. The van der Waals surface area contributed by atoms with Gasteiger partial charge in [0.2, 0.25) is 0 Å². The number of ether oxygens (including phenoxy) is 1. The lowest BCUT2D eigenvalue weighted by Crippen LogP contribution is -2.47. The third-order valence-corrected chi connectivity index (χ3v) is 5.75. The highest BCUT2D eigenvalue weighted by Crippen LogP contribution is 2.57. The van der Waals surface area contributed by atoms with E-state index in [1.807, 2.05) is 6.92 Å². The predicted molar refractivity (Wildman–Crippen MR) is 69.2 cm³/mol. The molecule has 3 aliphatic rings. The van der Waals surface area contributed by atoms with Crippen LogP contribution in [-0.2, 0) is 9.53 Å². The lowest BCUT2D eigenvalue weighted by atomic mass is 9.60. The summed E-state index contributed by atoms with van der Waals surface area (Å²) >= 11 is 6.11. The summed E-state index contributed by atoms with van der Waals surface area (Å²) in [5.41, 5.74) is -0.928. The topological polar surface area (TPSA) is 26.3 Å². The van der Waals surface area contributed by atoms with Gasteiger partial charge in [0.1, 0.15) is 5.78 Å². The Morgan fingerprint density at radius 2 is 2.12 bits per heavy atom. The zero-order valence-electron chi connectivity index (χ0n) is 11.0. The van der Waals surface area contributed by atoms with E-state index in [0.29, 0.717) is 12.3 Å². The zero-order chi connectivity index (χ0) is 12.9. The number of halogens is 1. The average molecular weight is 257 g/mol. The number of carbonyl (C=O) groups is 1. The Labute approximate surface area is 108 Å². The van der Waals surface area contributed by atoms with E-state index in [1.165, 1.54) is 0 Å². The van der Waals surface area contributed by atoms with E-state index in [0.717, 1.165) is 6.42 Å². The van der Waals surface area contributed by atoms with Crippen molar-refractivity contribution in [3.8, 4) is 0 Å². The van der Waals surface area contributed by atoms with Crippen molar-refractivity contribution in [2.45, 2.75) is 39.2 Å². The largest absolute Gasteiger partial charge is 0.378 e. The van der Waals surface area contributed by atoms with Crippen LogP contribution in [0.4, 0.5) is 0 Å². The van der Waals surface area contributed by atoms with Crippen LogP contribution in [-0.4, -0.2) is 24.4 Å². The first kappa shape index (κ1) is 13.1. The molecule has 0 amide bonds. The first-order valence-electron chi connectivity index (χ1n) is 6.15. The Morgan fingerprint density at radius 1 is 1.47 bits per heavy atom. The molecular formula is C14H21ClO2. The number of alkyl halides is 1. The van der Waals surface area contributed by atoms with E-state index in [1.54, 1.807) is 7.11 Å². The summed E-state index contributed by atoms with van der Waals surface area (Å²) in [5.74, 6) is 0.822. The molecule has 0 spiro atoms. The number of ketones is 1. The predicted octanol–water partition coefficient (Wildman–Crippen LogP) is 3.19. The molecule has 0 radical (unpaired) electrons. The maximum absolute atomic E-state index is 12.5. The van der Waals surface area contributed by atoms with E-state index in [-0.39, 0.29) is 22.7 Å². The van der Waals surface area contributed by atoms with E-state index in [9.17, 15) is 4.79 Å². The lowest BCUT2D eigenvalue weighted by Gasteiger charge is -2.47. The van der Waals surface area contributed by atoms with Crippen LogP contribution >= 0.6 is 11.6 Å². The van der Waals surface area contributed by atoms with E-state index < -0.39 is 5.41 Å². The lowest BCUT2D eigenvalue weighted by molar-refractivity contribution is -0.130. The summed E-state index contributed by atoms with van der Waals surface area (Å²) in [5, 5.41) is 0. The molecule has 0 saturated heterocycles. The summed E-state index contributed by atoms with van der Waals surface area (Å²) in [4.78, 5) is 12.5. The van der Waals surface area contributed by atoms with Crippen LogP contribution in [0.5, 0.6) is 0 Å². The Kier molecular flexibility index (Phi) is 2.95. The van der Waals surface area contributed by atoms with Gasteiger partial charge < -0.3 is 4.74 Å². The average Bonchev–Trinajstić information content (AvgIpc) is 2.43. The monoisotopic (exact) mass is 256 g/mol. The number of carbonyl (C=O) groups excluding carboxylic acids is 1. The fourth-order valence-electron chi connectivity index (χ4n) is 3.31. The molecule has 3 heteroatoms. The highest BCUT2D eigenvalue weighted by Gasteiger charge is 2.58.